The second-order valence-corrected chi connectivity index (χ2v) is 9.20. The van der Waals surface area contributed by atoms with Crippen molar-refractivity contribution < 1.29 is 13.2 Å². The third-order valence-corrected chi connectivity index (χ3v) is 6.79. The maximum Gasteiger partial charge on any atom is 0.240 e. The number of aromatic nitrogens is 3. The zero-order valence-electron chi connectivity index (χ0n) is 16.7. The average molecular weight is 428 g/mol. The van der Waals surface area contributed by atoms with Crippen molar-refractivity contribution in [3.8, 4) is 0 Å². The molecule has 0 fully saturated rings. The normalized spacial score (nSPS) is 13.9. The molecule has 4 rings (SSSR count). The van der Waals surface area contributed by atoms with Crippen molar-refractivity contribution in [1.82, 2.24) is 24.6 Å². The van der Waals surface area contributed by atoms with Crippen molar-refractivity contribution in [2.45, 2.75) is 43.4 Å². The van der Waals surface area contributed by atoms with Crippen molar-refractivity contribution in [3.63, 3.8) is 0 Å². The van der Waals surface area contributed by atoms with Crippen molar-refractivity contribution in [3.05, 3.63) is 59.5 Å². The summed E-state index contributed by atoms with van der Waals surface area (Å²) in [5, 5.41) is 11.0. The van der Waals surface area contributed by atoms with Crippen molar-refractivity contribution >= 4 is 21.6 Å². The topological polar surface area (TPSA) is 105 Å². The number of rotatable bonds is 8. The second kappa shape index (κ2) is 8.93. The van der Waals surface area contributed by atoms with E-state index in [0.717, 1.165) is 42.7 Å². The number of benzene rings is 1. The number of nitrogens with one attached hydrogen (secondary N) is 2. The van der Waals surface area contributed by atoms with E-state index in [1.54, 1.807) is 12.1 Å². The predicted octanol–water partition coefficient (Wildman–Crippen LogP) is 1.64. The highest BCUT2D eigenvalue weighted by Gasteiger charge is 2.17. The Bertz CT molecular complexity index is 1160. The molecule has 1 amide bonds. The van der Waals surface area contributed by atoms with Crippen LogP contribution in [0.5, 0.6) is 0 Å². The van der Waals surface area contributed by atoms with E-state index in [9.17, 15) is 13.2 Å². The summed E-state index contributed by atoms with van der Waals surface area (Å²) in [5.74, 6) is 0.552. The van der Waals surface area contributed by atoms with Crippen LogP contribution in [0.3, 0.4) is 0 Å². The SMILES string of the molecule is O=C(CCNS(=O)(=O)c1ccc2c(c1)CCCC2)NCCc1nnc2ccccn12. The van der Waals surface area contributed by atoms with Crippen LogP contribution in [0.2, 0.25) is 0 Å². The molecule has 0 atom stereocenters. The van der Waals surface area contributed by atoms with E-state index in [1.165, 1.54) is 5.56 Å². The lowest BCUT2D eigenvalue weighted by atomic mass is 9.92. The van der Waals surface area contributed by atoms with Gasteiger partial charge >= 0.3 is 0 Å². The third kappa shape index (κ3) is 4.68. The molecule has 0 saturated carbocycles. The molecule has 0 aliphatic heterocycles. The zero-order chi connectivity index (χ0) is 21.0. The third-order valence-electron chi connectivity index (χ3n) is 5.33. The van der Waals surface area contributed by atoms with E-state index in [1.807, 2.05) is 34.9 Å². The summed E-state index contributed by atoms with van der Waals surface area (Å²) < 4.78 is 29.5. The maximum atomic E-state index is 12.5. The molecule has 2 heterocycles. The van der Waals surface area contributed by atoms with E-state index in [2.05, 4.69) is 20.2 Å². The highest BCUT2D eigenvalue weighted by Crippen LogP contribution is 2.24. The smallest absolute Gasteiger partial charge is 0.240 e. The Morgan fingerprint density at radius 2 is 1.87 bits per heavy atom. The largest absolute Gasteiger partial charge is 0.356 e. The summed E-state index contributed by atoms with van der Waals surface area (Å²) in [6.45, 7) is 0.463. The van der Waals surface area contributed by atoms with Crippen LogP contribution in [-0.4, -0.2) is 42.0 Å². The lowest BCUT2D eigenvalue weighted by Gasteiger charge is -2.16. The summed E-state index contributed by atoms with van der Waals surface area (Å²) >= 11 is 0. The quantitative estimate of drug-likeness (QED) is 0.569. The van der Waals surface area contributed by atoms with Crippen LogP contribution >= 0.6 is 0 Å². The lowest BCUT2D eigenvalue weighted by molar-refractivity contribution is -0.120. The van der Waals surface area contributed by atoms with Gasteiger partial charge in [-0.15, -0.1) is 10.2 Å². The first-order chi connectivity index (χ1) is 14.5. The summed E-state index contributed by atoms with van der Waals surface area (Å²) in [6.07, 6.45) is 6.66. The molecule has 9 heteroatoms. The maximum absolute atomic E-state index is 12.5. The van der Waals surface area contributed by atoms with Gasteiger partial charge in [0.1, 0.15) is 5.82 Å². The molecule has 8 nitrogen and oxygen atoms in total. The van der Waals surface area contributed by atoms with E-state index < -0.39 is 10.0 Å². The highest BCUT2D eigenvalue weighted by molar-refractivity contribution is 7.89. The van der Waals surface area contributed by atoms with Gasteiger partial charge in [-0.3, -0.25) is 9.20 Å². The fraction of sp³-hybridized carbons (Fsp3) is 0.381. The standard InChI is InChI=1S/C21H25N5O3S/c27-21(22-12-10-20-25-24-19-7-3-4-14-26(19)20)11-13-23-30(28,29)18-9-8-16-5-1-2-6-17(16)15-18/h3-4,7-9,14-15,23H,1-2,5-6,10-13H2,(H,22,27). The van der Waals surface area contributed by atoms with Crippen LogP contribution in [0.1, 0.15) is 36.2 Å². The van der Waals surface area contributed by atoms with Crippen molar-refractivity contribution in [2.24, 2.45) is 0 Å². The Labute approximate surface area is 175 Å². The fourth-order valence-electron chi connectivity index (χ4n) is 3.72. The van der Waals surface area contributed by atoms with Gasteiger partial charge in [-0.05, 0) is 61.1 Å². The lowest BCUT2D eigenvalue weighted by Crippen LogP contribution is -2.32. The zero-order valence-corrected chi connectivity index (χ0v) is 17.5. The van der Waals surface area contributed by atoms with Gasteiger partial charge in [0.05, 0.1) is 4.90 Å². The number of hydrogen-bond donors (Lipinski definition) is 2. The van der Waals surface area contributed by atoms with Gasteiger partial charge in [0.2, 0.25) is 15.9 Å². The Kier molecular flexibility index (Phi) is 6.10. The van der Waals surface area contributed by atoms with Gasteiger partial charge < -0.3 is 5.32 Å². The predicted molar refractivity (Wildman–Crippen MR) is 113 cm³/mol. The summed E-state index contributed by atoms with van der Waals surface area (Å²) in [6, 6.07) is 11.0. The molecule has 30 heavy (non-hydrogen) atoms. The van der Waals surface area contributed by atoms with Crippen LogP contribution in [0, 0.1) is 0 Å². The Balaban J connectivity index is 1.24. The van der Waals surface area contributed by atoms with Crippen LogP contribution < -0.4 is 10.0 Å². The first-order valence-electron chi connectivity index (χ1n) is 10.2. The van der Waals surface area contributed by atoms with Crippen LogP contribution in [-0.2, 0) is 34.1 Å². The molecule has 1 aromatic carbocycles. The number of carbonyl (C=O) groups is 1. The number of sulfonamides is 1. The van der Waals surface area contributed by atoms with Crippen molar-refractivity contribution in [2.75, 3.05) is 13.1 Å². The summed E-state index contributed by atoms with van der Waals surface area (Å²) in [7, 11) is -3.62. The molecule has 3 aromatic rings. The van der Waals surface area contributed by atoms with Gasteiger partial charge in [-0.1, -0.05) is 12.1 Å². The number of amides is 1. The van der Waals surface area contributed by atoms with E-state index in [-0.39, 0.29) is 23.8 Å². The molecule has 158 valence electrons. The van der Waals surface area contributed by atoms with Gasteiger partial charge in [0.15, 0.2) is 5.65 Å². The Morgan fingerprint density at radius 1 is 1.03 bits per heavy atom. The Hall–Kier alpha value is -2.78. The second-order valence-electron chi connectivity index (χ2n) is 7.43. The van der Waals surface area contributed by atoms with Crippen LogP contribution in [0.4, 0.5) is 0 Å². The van der Waals surface area contributed by atoms with Gasteiger partial charge in [-0.2, -0.15) is 0 Å². The van der Waals surface area contributed by atoms with E-state index in [4.69, 9.17) is 0 Å². The monoisotopic (exact) mass is 427 g/mol. The molecule has 0 unspecified atom stereocenters. The number of pyridine rings is 1. The highest BCUT2D eigenvalue weighted by atomic mass is 32.2. The minimum atomic E-state index is -3.62. The molecule has 0 saturated heterocycles. The number of carbonyl (C=O) groups excluding carboxylic acids is 1. The van der Waals surface area contributed by atoms with Gasteiger partial charge in [-0.25, -0.2) is 13.1 Å². The molecule has 0 radical (unpaired) electrons. The number of nitrogens with zero attached hydrogens (tertiary/aromatic N) is 3. The minimum Gasteiger partial charge on any atom is -0.356 e. The first-order valence-corrected chi connectivity index (χ1v) is 11.7. The van der Waals surface area contributed by atoms with E-state index in [0.29, 0.717) is 13.0 Å². The average Bonchev–Trinajstić information content (AvgIpc) is 3.16. The molecular formula is C21H25N5O3S. The number of aryl methyl sites for hydroxylation is 2. The van der Waals surface area contributed by atoms with Gasteiger partial charge in [0, 0.05) is 32.1 Å². The van der Waals surface area contributed by atoms with Gasteiger partial charge in [0.25, 0.3) is 0 Å². The summed E-state index contributed by atoms with van der Waals surface area (Å²) in [5.41, 5.74) is 3.11. The Morgan fingerprint density at radius 3 is 2.73 bits per heavy atom. The molecule has 2 N–H and O–H groups in total. The molecular weight excluding hydrogens is 402 g/mol. The fourth-order valence-corrected chi connectivity index (χ4v) is 4.80. The van der Waals surface area contributed by atoms with E-state index >= 15 is 0 Å². The van der Waals surface area contributed by atoms with Crippen LogP contribution in [0.25, 0.3) is 5.65 Å². The molecule has 0 bridgehead atoms. The first kappa shape index (κ1) is 20.5. The number of hydrogen-bond acceptors (Lipinski definition) is 5. The molecule has 0 spiro atoms. The van der Waals surface area contributed by atoms with Crippen molar-refractivity contribution in [1.29, 1.82) is 0 Å². The molecule has 1 aliphatic rings. The molecule has 2 aromatic heterocycles. The van der Waals surface area contributed by atoms with Crippen LogP contribution in [0.15, 0.2) is 47.5 Å². The summed E-state index contributed by atoms with van der Waals surface area (Å²) in [4.78, 5) is 12.3. The molecule has 1 aliphatic carbocycles. The minimum absolute atomic E-state index is 0.0547. The number of fused-ring (bicyclic) bond motifs is 2.